The summed E-state index contributed by atoms with van der Waals surface area (Å²) >= 11 is 0. The van der Waals surface area contributed by atoms with Crippen molar-refractivity contribution in [3.8, 4) is 27.9 Å². The molecule has 1 heterocycles. The SMILES string of the molecule is COC(=O)c1cccc(-c2ccccc2-c2cccc(-n3ncnc3C(N)=O)c2)c1. The van der Waals surface area contributed by atoms with Crippen LogP contribution >= 0.6 is 0 Å². The van der Waals surface area contributed by atoms with Gasteiger partial charge in [-0.05, 0) is 46.5 Å². The van der Waals surface area contributed by atoms with E-state index in [-0.39, 0.29) is 11.8 Å². The number of rotatable bonds is 5. The summed E-state index contributed by atoms with van der Waals surface area (Å²) in [7, 11) is 1.36. The number of amides is 1. The number of primary amides is 1. The van der Waals surface area contributed by atoms with Crippen molar-refractivity contribution in [2.24, 2.45) is 5.73 Å². The van der Waals surface area contributed by atoms with E-state index >= 15 is 0 Å². The second kappa shape index (κ2) is 8.00. The lowest BCUT2D eigenvalue weighted by molar-refractivity contribution is 0.0600. The van der Waals surface area contributed by atoms with E-state index < -0.39 is 5.91 Å². The van der Waals surface area contributed by atoms with Crippen molar-refractivity contribution in [3.63, 3.8) is 0 Å². The van der Waals surface area contributed by atoms with Gasteiger partial charge in [-0.15, -0.1) is 0 Å². The number of ether oxygens (including phenoxy) is 1. The van der Waals surface area contributed by atoms with Gasteiger partial charge in [-0.3, -0.25) is 4.79 Å². The zero-order valence-corrected chi connectivity index (χ0v) is 16.1. The molecule has 1 aromatic heterocycles. The van der Waals surface area contributed by atoms with E-state index in [2.05, 4.69) is 10.1 Å². The highest BCUT2D eigenvalue weighted by Crippen LogP contribution is 2.33. The van der Waals surface area contributed by atoms with Crippen LogP contribution in [0.3, 0.4) is 0 Å². The average molecular weight is 398 g/mol. The molecule has 0 saturated heterocycles. The second-order valence-corrected chi connectivity index (χ2v) is 6.53. The van der Waals surface area contributed by atoms with E-state index in [4.69, 9.17) is 10.5 Å². The maximum Gasteiger partial charge on any atom is 0.337 e. The minimum absolute atomic E-state index is 0.0613. The van der Waals surface area contributed by atoms with Crippen LogP contribution in [0.2, 0.25) is 0 Å². The minimum atomic E-state index is -0.655. The first-order chi connectivity index (χ1) is 14.6. The predicted octanol–water partition coefficient (Wildman–Crippen LogP) is 3.49. The average Bonchev–Trinajstić information content (AvgIpc) is 3.29. The molecule has 148 valence electrons. The number of nitrogens with zero attached hydrogens (tertiary/aromatic N) is 3. The molecule has 0 radical (unpaired) electrons. The summed E-state index contributed by atoms with van der Waals surface area (Å²) in [6.07, 6.45) is 1.29. The summed E-state index contributed by atoms with van der Waals surface area (Å²) in [4.78, 5) is 27.5. The van der Waals surface area contributed by atoms with Gasteiger partial charge in [-0.1, -0.05) is 48.5 Å². The smallest absolute Gasteiger partial charge is 0.337 e. The van der Waals surface area contributed by atoms with Crippen molar-refractivity contribution >= 4 is 11.9 Å². The number of hydrogen-bond donors (Lipinski definition) is 1. The number of carbonyl (C=O) groups excluding carboxylic acids is 2. The van der Waals surface area contributed by atoms with E-state index in [0.717, 1.165) is 22.3 Å². The molecule has 0 aliphatic heterocycles. The molecule has 30 heavy (non-hydrogen) atoms. The summed E-state index contributed by atoms with van der Waals surface area (Å²) in [5.74, 6) is -0.981. The van der Waals surface area contributed by atoms with Crippen LogP contribution in [0, 0.1) is 0 Å². The molecule has 1 amide bonds. The summed E-state index contributed by atoms with van der Waals surface area (Å²) in [5, 5.41) is 4.12. The summed E-state index contributed by atoms with van der Waals surface area (Å²) in [6.45, 7) is 0. The molecule has 7 heteroatoms. The summed E-state index contributed by atoms with van der Waals surface area (Å²) < 4.78 is 6.25. The maximum absolute atomic E-state index is 11.9. The molecule has 0 unspecified atom stereocenters. The van der Waals surface area contributed by atoms with Gasteiger partial charge >= 0.3 is 5.97 Å². The first kappa shape index (κ1) is 19.1. The molecule has 2 N–H and O–H groups in total. The molecule has 7 nitrogen and oxygen atoms in total. The van der Waals surface area contributed by atoms with Crippen LogP contribution in [0.25, 0.3) is 27.9 Å². The fourth-order valence-corrected chi connectivity index (χ4v) is 3.32. The van der Waals surface area contributed by atoms with Crippen LogP contribution < -0.4 is 5.73 Å². The third-order valence-corrected chi connectivity index (χ3v) is 4.69. The molecule has 4 aromatic rings. The zero-order valence-electron chi connectivity index (χ0n) is 16.1. The predicted molar refractivity (Wildman–Crippen MR) is 112 cm³/mol. The van der Waals surface area contributed by atoms with Crippen molar-refractivity contribution in [1.29, 1.82) is 0 Å². The van der Waals surface area contributed by atoms with Gasteiger partial charge in [0.15, 0.2) is 0 Å². The molecule has 0 fully saturated rings. The Bertz CT molecular complexity index is 1250. The highest BCUT2D eigenvalue weighted by molar-refractivity contribution is 5.93. The number of carbonyl (C=O) groups is 2. The van der Waals surface area contributed by atoms with Crippen molar-refractivity contribution in [3.05, 3.63) is 90.5 Å². The highest BCUT2D eigenvalue weighted by Gasteiger charge is 2.14. The normalized spacial score (nSPS) is 10.6. The number of methoxy groups -OCH3 is 1. The Hall–Kier alpha value is -4.26. The molecule has 0 bridgehead atoms. The Labute approximate surface area is 172 Å². The Morgan fingerprint density at radius 1 is 0.900 bits per heavy atom. The molecule has 3 aromatic carbocycles. The van der Waals surface area contributed by atoms with Crippen LogP contribution in [0.4, 0.5) is 0 Å². The van der Waals surface area contributed by atoms with Crippen molar-refractivity contribution in [1.82, 2.24) is 14.8 Å². The quantitative estimate of drug-likeness (QED) is 0.519. The van der Waals surface area contributed by atoms with Gasteiger partial charge in [0, 0.05) is 0 Å². The Morgan fingerprint density at radius 2 is 1.57 bits per heavy atom. The first-order valence-electron chi connectivity index (χ1n) is 9.17. The van der Waals surface area contributed by atoms with Crippen LogP contribution in [0.1, 0.15) is 21.0 Å². The molecular formula is C23H18N4O3. The monoisotopic (exact) mass is 398 g/mol. The zero-order chi connectivity index (χ0) is 21.1. The number of hydrogen-bond acceptors (Lipinski definition) is 5. The Morgan fingerprint density at radius 3 is 2.23 bits per heavy atom. The van der Waals surface area contributed by atoms with Crippen LogP contribution in [0.15, 0.2) is 79.1 Å². The van der Waals surface area contributed by atoms with Crippen molar-refractivity contribution in [2.45, 2.75) is 0 Å². The van der Waals surface area contributed by atoms with E-state index in [0.29, 0.717) is 11.3 Å². The third-order valence-electron chi connectivity index (χ3n) is 4.69. The van der Waals surface area contributed by atoms with Gasteiger partial charge in [0.2, 0.25) is 5.82 Å². The maximum atomic E-state index is 11.9. The Balaban J connectivity index is 1.81. The summed E-state index contributed by atoms with van der Waals surface area (Å²) in [6, 6.07) is 22.7. The number of nitrogens with two attached hydrogens (primary N) is 1. The molecule has 0 saturated carbocycles. The molecule has 0 aliphatic carbocycles. The van der Waals surface area contributed by atoms with Crippen molar-refractivity contribution < 1.29 is 14.3 Å². The first-order valence-corrected chi connectivity index (χ1v) is 9.17. The standard InChI is InChI=1S/C23H18N4O3/c1-30-23(29)17-8-4-6-15(12-17)19-10-2-3-11-20(19)16-7-5-9-18(13-16)27-22(21(24)28)25-14-26-27/h2-14H,1H3,(H2,24,28). The largest absolute Gasteiger partial charge is 0.465 e. The number of benzene rings is 3. The molecule has 0 spiro atoms. The lowest BCUT2D eigenvalue weighted by Crippen LogP contribution is -2.18. The fourth-order valence-electron chi connectivity index (χ4n) is 3.32. The second-order valence-electron chi connectivity index (χ2n) is 6.53. The lowest BCUT2D eigenvalue weighted by atomic mass is 9.93. The minimum Gasteiger partial charge on any atom is -0.465 e. The number of aromatic nitrogens is 3. The fraction of sp³-hybridized carbons (Fsp3) is 0.0435. The third kappa shape index (κ3) is 3.56. The van der Waals surface area contributed by atoms with Crippen LogP contribution in [-0.4, -0.2) is 33.8 Å². The Kier molecular flexibility index (Phi) is 5.09. The van der Waals surface area contributed by atoms with E-state index in [1.165, 1.54) is 18.1 Å². The van der Waals surface area contributed by atoms with Crippen LogP contribution in [-0.2, 0) is 4.74 Å². The van der Waals surface area contributed by atoms with E-state index in [1.807, 2.05) is 60.7 Å². The van der Waals surface area contributed by atoms with E-state index in [9.17, 15) is 9.59 Å². The number of esters is 1. The van der Waals surface area contributed by atoms with Gasteiger partial charge in [-0.2, -0.15) is 5.10 Å². The van der Waals surface area contributed by atoms with Gasteiger partial charge in [0.25, 0.3) is 5.91 Å². The van der Waals surface area contributed by atoms with Gasteiger partial charge in [0.1, 0.15) is 6.33 Å². The van der Waals surface area contributed by atoms with Gasteiger partial charge in [0.05, 0.1) is 18.4 Å². The molecule has 0 atom stereocenters. The summed E-state index contributed by atoms with van der Waals surface area (Å²) in [5.41, 5.74) is 10.3. The van der Waals surface area contributed by atoms with Gasteiger partial charge in [-0.25, -0.2) is 14.5 Å². The highest BCUT2D eigenvalue weighted by atomic mass is 16.5. The van der Waals surface area contributed by atoms with Gasteiger partial charge < -0.3 is 10.5 Å². The topological polar surface area (TPSA) is 100 Å². The molecule has 0 aliphatic rings. The lowest BCUT2D eigenvalue weighted by Gasteiger charge is -2.12. The van der Waals surface area contributed by atoms with E-state index in [1.54, 1.807) is 12.1 Å². The molecular weight excluding hydrogens is 380 g/mol. The van der Waals surface area contributed by atoms with Crippen LogP contribution in [0.5, 0.6) is 0 Å². The van der Waals surface area contributed by atoms with Crippen molar-refractivity contribution in [2.75, 3.05) is 7.11 Å². The molecule has 4 rings (SSSR count).